The summed E-state index contributed by atoms with van der Waals surface area (Å²) in [5, 5.41) is 0.608. The Labute approximate surface area is 88.7 Å². The van der Waals surface area contributed by atoms with E-state index in [1.54, 1.807) is 34.4 Å². The first-order valence-electron chi connectivity index (χ1n) is 4.09. The molecule has 0 N–H and O–H groups in total. The van der Waals surface area contributed by atoms with E-state index in [1.807, 2.05) is 19.2 Å². The third kappa shape index (κ3) is 2.42. The van der Waals surface area contributed by atoms with Crippen LogP contribution in [0.4, 0.5) is 0 Å². The topological polar surface area (TPSA) is 21.1 Å². The SMILES string of the molecule is C=C=CN(/C=C\C)C(=S)n1ccnc1. The van der Waals surface area contributed by atoms with E-state index in [2.05, 4.69) is 17.3 Å². The van der Waals surface area contributed by atoms with Crippen molar-refractivity contribution in [3.63, 3.8) is 0 Å². The second-order valence-corrected chi connectivity index (χ2v) is 2.84. The number of rotatable bonds is 2. The molecule has 1 aromatic heterocycles. The van der Waals surface area contributed by atoms with Crippen molar-refractivity contribution in [3.8, 4) is 0 Å². The Morgan fingerprint density at radius 3 is 3.00 bits per heavy atom. The summed E-state index contributed by atoms with van der Waals surface area (Å²) < 4.78 is 1.74. The van der Waals surface area contributed by atoms with Gasteiger partial charge in [0.05, 0.1) is 6.20 Å². The van der Waals surface area contributed by atoms with Crippen molar-refractivity contribution < 1.29 is 0 Å². The van der Waals surface area contributed by atoms with Crippen LogP contribution in [0.15, 0.2) is 49.5 Å². The molecule has 14 heavy (non-hydrogen) atoms. The van der Waals surface area contributed by atoms with Crippen molar-refractivity contribution in [1.29, 1.82) is 0 Å². The van der Waals surface area contributed by atoms with Crippen molar-refractivity contribution in [3.05, 3.63) is 49.5 Å². The smallest absolute Gasteiger partial charge is 0.189 e. The van der Waals surface area contributed by atoms with Gasteiger partial charge < -0.3 is 0 Å². The second kappa shape index (κ2) is 5.17. The molecular formula is C10H11N3S. The molecule has 0 aromatic carbocycles. The summed E-state index contributed by atoms with van der Waals surface area (Å²) in [4.78, 5) is 5.66. The zero-order valence-corrected chi connectivity index (χ0v) is 8.74. The highest BCUT2D eigenvalue weighted by Gasteiger charge is 2.03. The molecule has 0 aliphatic rings. The number of hydrogen-bond donors (Lipinski definition) is 0. The number of allylic oxidation sites excluding steroid dienone is 1. The van der Waals surface area contributed by atoms with E-state index in [9.17, 15) is 0 Å². The van der Waals surface area contributed by atoms with Crippen molar-refractivity contribution in [2.24, 2.45) is 0 Å². The first-order chi connectivity index (χ1) is 6.79. The monoisotopic (exact) mass is 205 g/mol. The Morgan fingerprint density at radius 1 is 1.71 bits per heavy atom. The quantitative estimate of drug-likeness (QED) is 0.545. The molecule has 72 valence electrons. The number of aromatic nitrogens is 2. The normalized spacial score (nSPS) is 9.79. The molecule has 1 aromatic rings. The lowest BCUT2D eigenvalue weighted by Gasteiger charge is -2.15. The van der Waals surface area contributed by atoms with Gasteiger partial charge in [0.1, 0.15) is 6.33 Å². The molecule has 0 saturated carbocycles. The average molecular weight is 205 g/mol. The standard InChI is InChI=1S/C10H11N3S/c1-3-6-12(7-4-2)10(14)13-8-5-11-9-13/h4-9H,1H2,2H3/b7-4-. The van der Waals surface area contributed by atoms with Crippen LogP contribution in [0.25, 0.3) is 0 Å². The molecule has 0 saturated heterocycles. The molecule has 0 radical (unpaired) electrons. The van der Waals surface area contributed by atoms with Gasteiger partial charge in [-0.2, -0.15) is 0 Å². The molecule has 1 rings (SSSR count). The molecule has 3 nitrogen and oxygen atoms in total. The van der Waals surface area contributed by atoms with Gasteiger partial charge in [0.2, 0.25) is 0 Å². The first-order valence-corrected chi connectivity index (χ1v) is 4.50. The molecule has 4 heteroatoms. The largest absolute Gasteiger partial charge is 0.294 e. The van der Waals surface area contributed by atoms with Crippen LogP contribution in [-0.2, 0) is 0 Å². The Morgan fingerprint density at radius 2 is 2.50 bits per heavy atom. The fraction of sp³-hybridized carbons (Fsp3) is 0.100. The molecule has 0 aliphatic heterocycles. The van der Waals surface area contributed by atoms with Gasteiger partial charge in [-0.05, 0) is 19.1 Å². The first kappa shape index (κ1) is 10.4. The van der Waals surface area contributed by atoms with Crippen LogP contribution in [0.5, 0.6) is 0 Å². The zero-order valence-electron chi connectivity index (χ0n) is 7.92. The summed E-state index contributed by atoms with van der Waals surface area (Å²) in [6, 6.07) is 0. The van der Waals surface area contributed by atoms with Crippen LogP contribution in [0.1, 0.15) is 6.92 Å². The summed E-state index contributed by atoms with van der Waals surface area (Å²) in [5.41, 5.74) is 2.67. The van der Waals surface area contributed by atoms with Crippen LogP contribution in [-0.4, -0.2) is 19.6 Å². The summed E-state index contributed by atoms with van der Waals surface area (Å²) in [5.74, 6) is 0. The Kier molecular flexibility index (Phi) is 3.85. The minimum Gasteiger partial charge on any atom is -0.294 e. The van der Waals surface area contributed by atoms with E-state index in [0.29, 0.717) is 5.11 Å². The van der Waals surface area contributed by atoms with Gasteiger partial charge in [-0.15, -0.1) is 5.73 Å². The third-order valence-corrected chi connectivity index (χ3v) is 1.91. The van der Waals surface area contributed by atoms with Gasteiger partial charge in [-0.3, -0.25) is 9.47 Å². The summed E-state index contributed by atoms with van der Waals surface area (Å²) >= 11 is 5.23. The van der Waals surface area contributed by atoms with Gasteiger partial charge in [0.25, 0.3) is 0 Å². The lowest BCUT2D eigenvalue weighted by molar-refractivity contribution is 0.737. The zero-order chi connectivity index (χ0) is 10.4. The molecule has 0 unspecified atom stereocenters. The Bertz CT molecular complexity index is 372. The van der Waals surface area contributed by atoms with Crippen molar-refractivity contribution in [2.75, 3.05) is 0 Å². The van der Waals surface area contributed by atoms with E-state index in [-0.39, 0.29) is 0 Å². The third-order valence-electron chi connectivity index (χ3n) is 1.49. The predicted molar refractivity (Wildman–Crippen MR) is 60.6 cm³/mol. The Hall–Kier alpha value is -1.64. The highest BCUT2D eigenvalue weighted by molar-refractivity contribution is 7.80. The number of thiocarbonyl (C=S) groups is 1. The predicted octanol–water partition coefficient (Wildman–Crippen LogP) is 2.15. The lowest BCUT2D eigenvalue weighted by Crippen LogP contribution is -2.23. The summed E-state index contributed by atoms with van der Waals surface area (Å²) in [6.07, 6.45) is 10.5. The van der Waals surface area contributed by atoms with E-state index in [1.165, 1.54) is 0 Å². The fourth-order valence-electron chi connectivity index (χ4n) is 0.927. The lowest BCUT2D eigenvalue weighted by atomic mass is 10.6. The van der Waals surface area contributed by atoms with Gasteiger partial charge in [-0.1, -0.05) is 12.7 Å². The van der Waals surface area contributed by atoms with Crippen LogP contribution >= 0.6 is 12.2 Å². The molecule has 0 atom stereocenters. The molecule has 0 bridgehead atoms. The molecule has 1 heterocycles. The molecule has 0 amide bonds. The maximum atomic E-state index is 5.23. The van der Waals surface area contributed by atoms with E-state index < -0.39 is 0 Å². The van der Waals surface area contributed by atoms with E-state index in [4.69, 9.17) is 12.2 Å². The summed E-state index contributed by atoms with van der Waals surface area (Å²) in [6.45, 7) is 5.42. The van der Waals surface area contributed by atoms with Gasteiger partial charge in [0.15, 0.2) is 5.11 Å². The number of nitrogens with zero attached hydrogens (tertiary/aromatic N) is 3. The van der Waals surface area contributed by atoms with Gasteiger partial charge >= 0.3 is 0 Å². The maximum Gasteiger partial charge on any atom is 0.189 e. The number of imidazole rings is 1. The minimum absolute atomic E-state index is 0.608. The van der Waals surface area contributed by atoms with Crippen LogP contribution in [0.3, 0.4) is 0 Å². The van der Waals surface area contributed by atoms with Gasteiger partial charge in [0, 0.05) is 18.6 Å². The molecule has 0 aliphatic carbocycles. The Balaban J connectivity index is 2.89. The fourth-order valence-corrected chi connectivity index (χ4v) is 1.15. The second-order valence-electron chi connectivity index (χ2n) is 2.48. The number of hydrogen-bond acceptors (Lipinski definition) is 2. The molecule has 0 fully saturated rings. The highest BCUT2D eigenvalue weighted by Crippen LogP contribution is 1.98. The maximum absolute atomic E-state index is 5.23. The van der Waals surface area contributed by atoms with E-state index in [0.717, 1.165) is 0 Å². The van der Waals surface area contributed by atoms with Crippen LogP contribution in [0.2, 0.25) is 0 Å². The highest BCUT2D eigenvalue weighted by atomic mass is 32.1. The van der Waals surface area contributed by atoms with Crippen molar-refractivity contribution in [2.45, 2.75) is 6.92 Å². The van der Waals surface area contributed by atoms with Gasteiger partial charge in [-0.25, -0.2) is 4.98 Å². The van der Waals surface area contributed by atoms with Crippen LogP contribution in [0, 0.1) is 0 Å². The van der Waals surface area contributed by atoms with Crippen molar-refractivity contribution in [1.82, 2.24) is 14.5 Å². The van der Waals surface area contributed by atoms with Crippen LogP contribution < -0.4 is 0 Å². The molecular weight excluding hydrogens is 194 g/mol. The summed E-state index contributed by atoms with van der Waals surface area (Å²) in [7, 11) is 0. The van der Waals surface area contributed by atoms with E-state index >= 15 is 0 Å². The molecule has 0 spiro atoms. The van der Waals surface area contributed by atoms with Crippen molar-refractivity contribution >= 4 is 17.3 Å². The average Bonchev–Trinajstić information content (AvgIpc) is 2.69. The minimum atomic E-state index is 0.608.